The van der Waals surface area contributed by atoms with E-state index in [4.69, 9.17) is 16.3 Å². The van der Waals surface area contributed by atoms with Crippen molar-refractivity contribution in [3.8, 4) is 5.75 Å². The summed E-state index contributed by atoms with van der Waals surface area (Å²) in [5, 5.41) is 0. The van der Waals surface area contributed by atoms with Crippen LogP contribution in [0.15, 0.2) is 16.6 Å². The number of benzene rings is 1. The second kappa shape index (κ2) is 5.39. The number of ether oxygens (including phenoxy) is 1. The zero-order valence-corrected chi connectivity index (χ0v) is 13.1. The molecule has 0 saturated carbocycles. The predicted molar refractivity (Wildman–Crippen MR) is 76.1 cm³/mol. The first-order valence-electron chi connectivity index (χ1n) is 5.63. The molecule has 100 valence electrons. The molecule has 0 bridgehead atoms. The second-order valence-corrected chi connectivity index (χ2v) is 7.90. The fourth-order valence-corrected chi connectivity index (χ4v) is 4.50. The molecule has 0 N–H and O–H groups in total. The molecule has 0 amide bonds. The third-order valence-electron chi connectivity index (χ3n) is 2.94. The SMILES string of the molecule is Cc1cc(Br)cc(CCl)c1OC1CCS(=O)(=O)C1. The van der Waals surface area contributed by atoms with Gasteiger partial charge in [-0.1, -0.05) is 15.9 Å². The summed E-state index contributed by atoms with van der Waals surface area (Å²) in [7, 11) is -2.92. The van der Waals surface area contributed by atoms with Gasteiger partial charge < -0.3 is 4.74 Å². The van der Waals surface area contributed by atoms with Gasteiger partial charge in [-0.15, -0.1) is 11.6 Å². The Kier molecular flexibility index (Phi) is 4.24. The van der Waals surface area contributed by atoms with Gasteiger partial charge in [-0.2, -0.15) is 0 Å². The maximum Gasteiger partial charge on any atom is 0.154 e. The molecule has 6 heteroatoms. The number of alkyl halides is 1. The number of hydrogen-bond acceptors (Lipinski definition) is 3. The van der Waals surface area contributed by atoms with E-state index < -0.39 is 9.84 Å². The summed E-state index contributed by atoms with van der Waals surface area (Å²) in [6.07, 6.45) is 0.302. The molecule has 0 aromatic heterocycles. The van der Waals surface area contributed by atoms with E-state index in [0.29, 0.717) is 12.3 Å². The standard InChI is InChI=1S/C12H14BrClO3S/c1-8-4-10(13)5-9(6-14)12(8)17-11-2-3-18(15,16)7-11/h4-5,11H,2-3,6-7H2,1H3. The third-order valence-corrected chi connectivity index (χ3v) is 5.42. The number of sulfone groups is 1. The predicted octanol–water partition coefficient (Wildman–Crippen LogP) is 3.06. The Morgan fingerprint density at radius 3 is 2.78 bits per heavy atom. The smallest absolute Gasteiger partial charge is 0.154 e. The van der Waals surface area contributed by atoms with Crippen molar-refractivity contribution in [3.63, 3.8) is 0 Å². The molecule has 1 aromatic carbocycles. The molecule has 1 aliphatic heterocycles. The molecule has 1 heterocycles. The van der Waals surface area contributed by atoms with E-state index in [1.54, 1.807) is 0 Å². The fourth-order valence-electron chi connectivity index (χ4n) is 2.09. The van der Waals surface area contributed by atoms with Gasteiger partial charge >= 0.3 is 0 Å². The number of rotatable bonds is 3. The highest BCUT2D eigenvalue weighted by atomic mass is 79.9. The van der Waals surface area contributed by atoms with E-state index in [2.05, 4.69) is 15.9 Å². The second-order valence-electron chi connectivity index (χ2n) is 4.49. The summed E-state index contributed by atoms with van der Waals surface area (Å²) in [6.45, 7) is 1.93. The highest BCUT2D eigenvalue weighted by Crippen LogP contribution is 2.31. The topological polar surface area (TPSA) is 43.4 Å². The van der Waals surface area contributed by atoms with Gasteiger partial charge in [0.1, 0.15) is 11.9 Å². The minimum atomic E-state index is -2.92. The molecule has 1 fully saturated rings. The first kappa shape index (κ1) is 14.2. The van der Waals surface area contributed by atoms with Crippen molar-refractivity contribution >= 4 is 37.4 Å². The third kappa shape index (κ3) is 3.19. The lowest BCUT2D eigenvalue weighted by Crippen LogP contribution is -2.19. The van der Waals surface area contributed by atoms with Crippen molar-refractivity contribution < 1.29 is 13.2 Å². The minimum Gasteiger partial charge on any atom is -0.489 e. The van der Waals surface area contributed by atoms with Crippen LogP contribution in [0, 0.1) is 6.92 Å². The quantitative estimate of drug-likeness (QED) is 0.784. The van der Waals surface area contributed by atoms with Gasteiger partial charge in [0, 0.05) is 10.0 Å². The van der Waals surface area contributed by atoms with Crippen LogP contribution in [0.5, 0.6) is 5.75 Å². The van der Waals surface area contributed by atoms with E-state index >= 15 is 0 Å². The highest BCUT2D eigenvalue weighted by molar-refractivity contribution is 9.10. The number of hydrogen-bond donors (Lipinski definition) is 0. The van der Waals surface area contributed by atoms with Crippen molar-refractivity contribution in [3.05, 3.63) is 27.7 Å². The molecular formula is C12H14BrClO3S. The van der Waals surface area contributed by atoms with Crippen molar-refractivity contribution in [1.82, 2.24) is 0 Å². The fraction of sp³-hybridized carbons (Fsp3) is 0.500. The Labute approximate surface area is 121 Å². The Balaban J connectivity index is 2.24. The van der Waals surface area contributed by atoms with Crippen LogP contribution in [0.3, 0.4) is 0 Å². The molecule has 0 aliphatic carbocycles. The summed E-state index contributed by atoms with van der Waals surface area (Å²) >= 11 is 9.31. The lowest BCUT2D eigenvalue weighted by atomic mass is 10.1. The monoisotopic (exact) mass is 352 g/mol. The van der Waals surface area contributed by atoms with Crippen LogP contribution in [-0.4, -0.2) is 26.0 Å². The zero-order valence-electron chi connectivity index (χ0n) is 9.95. The number of halogens is 2. The summed E-state index contributed by atoms with van der Waals surface area (Å²) in [4.78, 5) is 0. The molecule has 1 aromatic rings. The molecule has 3 nitrogen and oxygen atoms in total. The van der Waals surface area contributed by atoms with Gasteiger partial charge in [-0.3, -0.25) is 0 Å². The van der Waals surface area contributed by atoms with Crippen LogP contribution in [0.1, 0.15) is 17.5 Å². The maximum atomic E-state index is 11.4. The van der Waals surface area contributed by atoms with E-state index in [0.717, 1.165) is 21.3 Å². The van der Waals surface area contributed by atoms with Gasteiger partial charge in [0.05, 0.1) is 17.4 Å². The molecule has 1 aliphatic rings. The Morgan fingerprint density at radius 1 is 1.50 bits per heavy atom. The molecular weight excluding hydrogens is 340 g/mol. The van der Waals surface area contributed by atoms with Crippen LogP contribution in [0.25, 0.3) is 0 Å². The lowest BCUT2D eigenvalue weighted by molar-refractivity contribution is 0.225. The van der Waals surface area contributed by atoms with Gasteiger partial charge in [-0.25, -0.2) is 8.42 Å². The summed E-state index contributed by atoms with van der Waals surface area (Å²) in [5.74, 6) is 1.37. The normalized spacial score (nSPS) is 22.1. The Hall–Kier alpha value is -0.260. The molecule has 0 spiro atoms. The van der Waals surface area contributed by atoms with Gasteiger partial charge in [0.25, 0.3) is 0 Å². The maximum absolute atomic E-state index is 11.4. The Morgan fingerprint density at radius 2 is 2.22 bits per heavy atom. The van der Waals surface area contributed by atoms with E-state index in [-0.39, 0.29) is 17.6 Å². The molecule has 2 rings (SSSR count). The average molecular weight is 354 g/mol. The van der Waals surface area contributed by atoms with E-state index in [1.807, 2.05) is 19.1 Å². The molecule has 1 saturated heterocycles. The molecule has 1 atom stereocenters. The minimum absolute atomic E-state index is 0.101. The van der Waals surface area contributed by atoms with Crippen LogP contribution in [-0.2, 0) is 15.7 Å². The van der Waals surface area contributed by atoms with Crippen molar-refractivity contribution in [2.45, 2.75) is 25.3 Å². The van der Waals surface area contributed by atoms with Crippen LogP contribution in [0.2, 0.25) is 0 Å². The van der Waals surface area contributed by atoms with Crippen LogP contribution in [0.4, 0.5) is 0 Å². The molecule has 1 unspecified atom stereocenters. The molecule has 18 heavy (non-hydrogen) atoms. The molecule has 0 radical (unpaired) electrons. The van der Waals surface area contributed by atoms with Gasteiger partial charge in [0.2, 0.25) is 0 Å². The van der Waals surface area contributed by atoms with Gasteiger partial charge in [-0.05, 0) is 31.0 Å². The summed E-state index contributed by atoms with van der Waals surface area (Å²) < 4.78 is 29.6. The Bertz CT molecular complexity index is 557. The average Bonchev–Trinajstić information content (AvgIpc) is 2.61. The largest absolute Gasteiger partial charge is 0.489 e. The highest BCUT2D eigenvalue weighted by Gasteiger charge is 2.30. The van der Waals surface area contributed by atoms with Crippen LogP contribution < -0.4 is 4.74 Å². The van der Waals surface area contributed by atoms with Crippen molar-refractivity contribution in [1.29, 1.82) is 0 Å². The first-order valence-corrected chi connectivity index (χ1v) is 8.78. The van der Waals surface area contributed by atoms with Crippen molar-refractivity contribution in [2.75, 3.05) is 11.5 Å². The lowest BCUT2D eigenvalue weighted by Gasteiger charge is -2.17. The van der Waals surface area contributed by atoms with Crippen molar-refractivity contribution in [2.24, 2.45) is 0 Å². The summed E-state index contributed by atoms with van der Waals surface area (Å²) in [6, 6.07) is 3.84. The zero-order chi connectivity index (χ0) is 13.3. The first-order chi connectivity index (χ1) is 8.41. The van der Waals surface area contributed by atoms with Gasteiger partial charge in [0.15, 0.2) is 9.84 Å². The summed E-state index contributed by atoms with van der Waals surface area (Å²) in [5.41, 5.74) is 1.84. The van der Waals surface area contributed by atoms with E-state index in [9.17, 15) is 8.42 Å². The number of aryl methyl sites for hydroxylation is 1. The van der Waals surface area contributed by atoms with E-state index in [1.165, 1.54) is 0 Å². The van der Waals surface area contributed by atoms with Crippen LogP contribution >= 0.6 is 27.5 Å².